The fourth-order valence-electron chi connectivity index (χ4n) is 1.82. The van der Waals surface area contributed by atoms with Gasteiger partial charge in [-0.1, -0.05) is 24.3 Å². The second kappa shape index (κ2) is 5.44. The normalized spacial score (nSPS) is 10.4. The monoisotopic (exact) mass is 268 g/mol. The summed E-state index contributed by atoms with van der Waals surface area (Å²) in [6, 6.07) is 14.5. The third kappa shape index (κ3) is 2.77. The molecule has 0 fully saturated rings. The third-order valence-electron chi connectivity index (χ3n) is 2.79. The van der Waals surface area contributed by atoms with E-state index in [0.29, 0.717) is 17.9 Å². The van der Waals surface area contributed by atoms with Gasteiger partial charge in [0.2, 0.25) is 0 Å². The number of ether oxygens (including phenoxy) is 1. The molecule has 20 heavy (non-hydrogen) atoms. The van der Waals surface area contributed by atoms with Gasteiger partial charge in [-0.05, 0) is 29.8 Å². The van der Waals surface area contributed by atoms with Crippen molar-refractivity contribution in [3.05, 3.63) is 60.5 Å². The first kappa shape index (κ1) is 12.2. The summed E-state index contributed by atoms with van der Waals surface area (Å²) in [5, 5.41) is 2.68. The van der Waals surface area contributed by atoms with E-state index in [9.17, 15) is 4.79 Å². The standard InChI is InChI=1S/C15H12N2O3/c18-15(20-12-4-2-1-3-5-12)16-9-11-6-7-13-14(8-11)19-10-17-13/h1-8,10H,9H2,(H,16,18). The van der Waals surface area contributed by atoms with E-state index in [0.717, 1.165) is 11.1 Å². The first-order valence-corrected chi connectivity index (χ1v) is 6.14. The predicted octanol–water partition coefficient (Wildman–Crippen LogP) is 3.12. The van der Waals surface area contributed by atoms with Gasteiger partial charge in [-0.25, -0.2) is 9.78 Å². The zero-order valence-electron chi connectivity index (χ0n) is 10.6. The molecule has 1 N–H and O–H groups in total. The lowest BCUT2D eigenvalue weighted by molar-refractivity contribution is 0.200. The van der Waals surface area contributed by atoms with Crippen LogP contribution in [0.15, 0.2) is 59.3 Å². The molecule has 0 bridgehead atoms. The van der Waals surface area contributed by atoms with E-state index in [2.05, 4.69) is 10.3 Å². The van der Waals surface area contributed by atoms with Crippen molar-refractivity contribution in [2.45, 2.75) is 6.54 Å². The average molecular weight is 268 g/mol. The van der Waals surface area contributed by atoms with Gasteiger partial charge < -0.3 is 14.5 Å². The second-order valence-electron chi connectivity index (χ2n) is 4.21. The molecule has 2 aromatic carbocycles. The van der Waals surface area contributed by atoms with Crippen LogP contribution in [0.25, 0.3) is 11.1 Å². The predicted molar refractivity (Wildman–Crippen MR) is 73.3 cm³/mol. The Labute approximate surface area is 115 Å². The first-order chi connectivity index (χ1) is 9.81. The largest absolute Gasteiger partial charge is 0.443 e. The molecule has 0 unspecified atom stereocenters. The molecule has 0 radical (unpaired) electrons. The van der Waals surface area contributed by atoms with E-state index < -0.39 is 6.09 Å². The molecule has 5 heteroatoms. The number of fused-ring (bicyclic) bond motifs is 1. The molecule has 3 aromatic rings. The molecule has 100 valence electrons. The fourth-order valence-corrected chi connectivity index (χ4v) is 1.82. The summed E-state index contributed by atoms with van der Waals surface area (Å²) in [4.78, 5) is 15.7. The van der Waals surface area contributed by atoms with Crippen molar-refractivity contribution in [1.82, 2.24) is 10.3 Å². The molecular formula is C15H12N2O3. The first-order valence-electron chi connectivity index (χ1n) is 6.14. The number of nitrogens with one attached hydrogen (secondary N) is 1. The summed E-state index contributed by atoms with van der Waals surface area (Å²) >= 11 is 0. The van der Waals surface area contributed by atoms with Gasteiger partial charge >= 0.3 is 6.09 Å². The van der Waals surface area contributed by atoms with Crippen molar-refractivity contribution >= 4 is 17.2 Å². The van der Waals surface area contributed by atoms with E-state index in [1.807, 2.05) is 24.3 Å². The Morgan fingerprint density at radius 3 is 2.90 bits per heavy atom. The summed E-state index contributed by atoms with van der Waals surface area (Å²) in [5.41, 5.74) is 2.40. The number of carbonyl (C=O) groups is 1. The number of nitrogens with zero attached hydrogens (tertiary/aromatic N) is 1. The molecule has 0 aliphatic rings. The van der Waals surface area contributed by atoms with E-state index in [1.165, 1.54) is 6.39 Å². The molecule has 1 amide bonds. The Morgan fingerprint density at radius 2 is 2.05 bits per heavy atom. The number of rotatable bonds is 3. The fraction of sp³-hybridized carbons (Fsp3) is 0.0667. The van der Waals surface area contributed by atoms with E-state index in [-0.39, 0.29) is 0 Å². The summed E-state index contributed by atoms with van der Waals surface area (Å²) in [5.74, 6) is 0.510. The van der Waals surface area contributed by atoms with Gasteiger partial charge in [-0.15, -0.1) is 0 Å². The van der Waals surface area contributed by atoms with Crippen LogP contribution in [-0.4, -0.2) is 11.1 Å². The zero-order valence-corrected chi connectivity index (χ0v) is 10.6. The van der Waals surface area contributed by atoms with E-state index in [1.54, 1.807) is 24.3 Å². The lowest BCUT2D eigenvalue weighted by atomic mass is 10.2. The van der Waals surface area contributed by atoms with Gasteiger partial charge in [-0.2, -0.15) is 0 Å². The van der Waals surface area contributed by atoms with Crippen molar-refractivity contribution in [3.8, 4) is 5.75 Å². The number of benzene rings is 2. The second-order valence-corrected chi connectivity index (χ2v) is 4.21. The molecule has 5 nitrogen and oxygen atoms in total. The molecule has 0 saturated heterocycles. The maximum Gasteiger partial charge on any atom is 0.412 e. The van der Waals surface area contributed by atoms with Crippen LogP contribution < -0.4 is 10.1 Å². The van der Waals surface area contributed by atoms with Gasteiger partial charge in [0.05, 0.1) is 0 Å². The van der Waals surface area contributed by atoms with Gasteiger partial charge in [0.1, 0.15) is 11.3 Å². The Kier molecular flexibility index (Phi) is 3.33. The maximum atomic E-state index is 11.6. The highest BCUT2D eigenvalue weighted by Gasteiger charge is 2.05. The molecule has 1 aromatic heterocycles. The van der Waals surface area contributed by atoms with E-state index in [4.69, 9.17) is 9.15 Å². The maximum absolute atomic E-state index is 11.6. The van der Waals surface area contributed by atoms with Crippen LogP contribution in [0, 0.1) is 0 Å². The van der Waals surface area contributed by atoms with Gasteiger partial charge in [0, 0.05) is 6.54 Å². The molecule has 0 saturated carbocycles. The summed E-state index contributed by atoms with van der Waals surface area (Å²) in [6.07, 6.45) is 0.903. The molecular weight excluding hydrogens is 256 g/mol. The summed E-state index contributed by atoms with van der Waals surface area (Å²) in [6.45, 7) is 0.363. The highest BCUT2D eigenvalue weighted by molar-refractivity contribution is 5.73. The molecule has 1 heterocycles. The SMILES string of the molecule is O=C(NCc1ccc2ncoc2c1)Oc1ccccc1. The van der Waals surface area contributed by atoms with Crippen LogP contribution in [0.1, 0.15) is 5.56 Å². The molecule has 3 rings (SSSR count). The molecule has 0 spiro atoms. The third-order valence-corrected chi connectivity index (χ3v) is 2.79. The van der Waals surface area contributed by atoms with E-state index >= 15 is 0 Å². The number of amides is 1. The van der Waals surface area contributed by atoms with Crippen molar-refractivity contribution in [3.63, 3.8) is 0 Å². The smallest absolute Gasteiger partial charge is 0.412 e. The number of carbonyl (C=O) groups excluding carboxylic acids is 1. The van der Waals surface area contributed by atoms with Gasteiger partial charge in [0.15, 0.2) is 12.0 Å². The highest BCUT2D eigenvalue weighted by Crippen LogP contribution is 2.14. The molecule has 0 aliphatic carbocycles. The van der Waals surface area contributed by atoms with Crippen LogP contribution in [-0.2, 0) is 6.54 Å². The minimum atomic E-state index is -0.492. The van der Waals surface area contributed by atoms with Crippen molar-refractivity contribution in [2.24, 2.45) is 0 Å². The Balaban J connectivity index is 1.59. The lowest BCUT2D eigenvalue weighted by Crippen LogP contribution is -2.26. The minimum absolute atomic E-state index is 0.363. The van der Waals surface area contributed by atoms with Crippen molar-refractivity contribution in [2.75, 3.05) is 0 Å². The van der Waals surface area contributed by atoms with Crippen LogP contribution >= 0.6 is 0 Å². The minimum Gasteiger partial charge on any atom is -0.443 e. The van der Waals surface area contributed by atoms with Crippen LogP contribution in [0.2, 0.25) is 0 Å². The molecule has 0 atom stereocenters. The number of aromatic nitrogens is 1. The van der Waals surface area contributed by atoms with Crippen LogP contribution in [0.5, 0.6) is 5.75 Å². The average Bonchev–Trinajstić information content (AvgIpc) is 2.93. The van der Waals surface area contributed by atoms with Gasteiger partial charge in [-0.3, -0.25) is 0 Å². The van der Waals surface area contributed by atoms with Crippen LogP contribution in [0.4, 0.5) is 4.79 Å². The Hall–Kier alpha value is -2.82. The summed E-state index contributed by atoms with van der Waals surface area (Å²) in [7, 11) is 0. The quantitative estimate of drug-likeness (QED) is 0.792. The van der Waals surface area contributed by atoms with Gasteiger partial charge in [0.25, 0.3) is 0 Å². The highest BCUT2D eigenvalue weighted by atomic mass is 16.6. The topological polar surface area (TPSA) is 64.4 Å². The number of oxazole rings is 1. The van der Waals surface area contributed by atoms with Crippen LogP contribution in [0.3, 0.4) is 0 Å². The molecule has 0 aliphatic heterocycles. The summed E-state index contributed by atoms with van der Waals surface area (Å²) < 4.78 is 10.3. The van der Waals surface area contributed by atoms with Crippen molar-refractivity contribution in [1.29, 1.82) is 0 Å². The number of hydrogen-bond donors (Lipinski definition) is 1. The number of hydrogen-bond acceptors (Lipinski definition) is 4. The Morgan fingerprint density at radius 1 is 1.20 bits per heavy atom. The number of para-hydroxylation sites is 1. The zero-order chi connectivity index (χ0) is 13.8. The van der Waals surface area contributed by atoms with Crippen molar-refractivity contribution < 1.29 is 13.9 Å². The lowest BCUT2D eigenvalue weighted by Gasteiger charge is -2.06. The Bertz CT molecular complexity index is 722.